The maximum Gasteiger partial charge on any atom is 0.220 e. The van der Waals surface area contributed by atoms with Gasteiger partial charge in [-0.3, -0.25) is 4.79 Å². The highest BCUT2D eigenvalue weighted by atomic mass is 16.3. The summed E-state index contributed by atoms with van der Waals surface area (Å²) in [6, 6.07) is 8.28. The van der Waals surface area contributed by atoms with Crippen molar-refractivity contribution in [2.24, 2.45) is 0 Å². The number of aliphatic hydroxyl groups is 1. The Labute approximate surface area is 103 Å². The minimum absolute atomic E-state index is 0.00742. The number of rotatable bonds is 6. The van der Waals surface area contributed by atoms with Crippen molar-refractivity contribution in [2.75, 3.05) is 6.61 Å². The third-order valence-electron chi connectivity index (χ3n) is 2.70. The standard InChI is InChI=1S/C14H21NO2/c1-11(2)13-7-5-12(6-8-13)10-15-14(17)4-3-9-16/h5-8,11,16H,3-4,9-10H2,1-2H3,(H,15,17). The molecule has 3 heteroatoms. The highest BCUT2D eigenvalue weighted by molar-refractivity contribution is 5.75. The Morgan fingerprint density at radius 1 is 1.29 bits per heavy atom. The molecule has 0 aromatic heterocycles. The van der Waals surface area contributed by atoms with Gasteiger partial charge in [0.25, 0.3) is 0 Å². The van der Waals surface area contributed by atoms with Gasteiger partial charge in [-0.05, 0) is 23.5 Å². The van der Waals surface area contributed by atoms with Crippen molar-refractivity contribution in [3.63, 3.8) is 0 Å². The van der Waals surface area contributed by atoms with Crippen LogP contribution >= 0.6 is 0 Å². The fourth-order valence-corrected chi connectivity index (χ4v) is 1.55. The summed E-state index contributed by atoms with van der Waals surface area (Å²) in [5, 5.41) is 11.4. The second kappa shape index (κ2) is 7.07. The Bertz CT molecular complexity index is 344. The fourth-order valence-electron chi connectivity index (χ4n) is 1.55. The topological polar surface area (TPSA) is 49.3 Å². The smallest absolute Gasteiger partial charge is 0.220 e. The quantitative estimate of drug-likeness (QED) is 0.794. The molecule has 0 aliphatic carbocycles. The second-order valence-corrected chi connectivity index (χ2v) is 4.50. The normalized spacial score (nSPS) is 10.6. The van der Waals surface area contributed by atoms with Crippen LogP contribution in [-0.2, 0) is 11.3 Å². The van der Waals surface area contributed by atoms with Gasteiger partial charge < -0.3 is 10.4 Å². The van der Waals surface area contributed by atoms with Crippen molar-refractivity contribution in [1.82, 2.24) is 5.32 Å². The molecule has 1 rings (SSSR count). The number of carbonyl (C=O) groups is 1. The summed E-state index contributed by atoms with van der Waals surface area (Å²) in [4.78, 5) is 11.3. The maximum atomic E-state index is 11.3. The third kappa shape index (κ3) is 5.00. The molecule has 0 atom stereocenters. The molecule has 0 radical (unpaired) electrons. The number of benzene rings is 1. The predicted molar refractivity (Wildman–Crippen MR) is 68.7 cm³/mol. The van der Waals surface area contributed by atoms with Gasteiger partial charge in [-0.2, -0.15) is 0 Å². The van der Waals surface area contributed by atoms with Crippen LogP contribution in [0, 0.1) is 0 Å². The molecule has 94 valence electrons. The van der Waals surface area contributed by atoms with E-state index in [0.717, 1.165) is 5.56 Å². The highest BCUT2D eigenvalue weighted by Crippen LogP contribution is 2.14. The van der Waals surface area contributed by atoms with Gasteiger partial charge >= 0.3 is 0 Å². The van der Waals surface area contributed by atoms with Crippen LogP contribution in [0.1, 0.15) is 43.7 Å². The lowest BCUT2D eigenvalue weighted by atomic mass is 10.0. The number of hydrogen-bond acceptors (Lipinski definition) is 2. The molecular weight excluding hydrogens is 214 g/mol. The van der Waals surface area contributed by atoms with E-state index >= 15 is 0 Å². The minimum atomic E-state index is -0.00742. The van der Waals surface area contributed by atoms with Gasteiger partial charge in [0, 0.05) is 19.6 Å². The van der Waals surface area contributed by atoms with Gasteiger partial charge in [-0.15, -0.1) is 0 Å². The Kier molecular flexibility index (Phi) is 5.70. The first kappa shape index (κ1) is 13.7. The molecule has 0 aliphatic rings. The van der Waals surface area contributed by atoms with Gasteiger partial charge in [0.15, 0.2) is 0 Å². The summed E-state index contributed by atoms with van der Waals surface area (Å²) in [5.41, 5.74) is 2.41. The molecule has 0 saturated heterocycles. The number of aliphatic hydroxyl groups excluding tert-OH is 1. The van der Waals surface area contributed by atoms with Crippen LogP contribution in [-0.4, -0.2) is 17.6 Å². The van der Waals surface area contributed by atoms with Crippen LogP contribution in [0.2, 0.25) is 0 Å². The molecule has 1 amide bonds. The van der Waals surface area contributed by atoms with E-state index in [9.17, 15) is 4.79 Å². The van der Waals surface area contributed by atoms with Crippen LogP contribution in [0.5, 0.6) is 0 Å². The second-order valence-electron chi connectivity index (χ2n) is 4.50. The number of nitrogens with one attached hydrogen (secondary N) is 1. The van der Waals surface area contributed by atoms with Gasteiger partial charge in [-0.1, -0.05) is 38.1 Å². The Morgan fingerprint density at radius 3 is 2.47 bits per heavy atom. The largest absolute Gasteiger partial charge is 0.396 e. The molecule has 0 aliphatic heterocycles. The van der Waals surface area contributed by atoms with Gasteiger partial charge in [-0.25, -0.2) is 0 Å². The van der Waals surface area contributed by atoms with E-state index in [0.29, 0.717) is 25.3 Å². The van der Waals surface area contributed by atoms with Gasteiger partial charge in [0.1, 0.15) is 0 Å². The molecular formula is C14H21NO2. The monoisotopic (exact) mass is 235 g/mol. The molecule has 2 N–H and O–H groups in total. The first-order chi connectivity index (χ1) is 8.13. The molecule has 0 heterocycles. The lowest BCUT2D eigenvalue weighted by molar-refractivity contribution is -0.121. The Morgan fingerprint density at radius 2 is 1.94 bits per heavy atom. The zero-order valence-corrected chi connectivity index (χ0v) is 10.6. The molecule has 0 bridgehead atoms. The first-order valence-corrected chi connectivity index (χ1v) is 6.10. The van der Waals surface area contributed by atoms with E-state index in [1.165, 1.54) is 5.56 Å². The average Bonchev–Trinajstić information content (AvgIpc) is 2.34. The van der Waals surface area contributed by atoms with Crippen LogP contribution in [0.3, 0.4) is 0 Å². The summed E-state index contributed by atoms with van der Waals surface area (Å²) < 4.78 is 0. The lowest BCUT2D eigenvalue weighted by Crippen LogP contribution is -2.22. The average molecular weight is 235 g/mol. The molecule has 0 fully saturated rings. The number of amides is 1. The van der Waals surface area contributed by atoms with Crippen LogP contribution in [0.4, 0.5) is 0 Å². The summed E-state index contributed by atoms with van der Waals surface area (Å²) in [5.74, 6) is 0.523. The SMILES string of the molecule is CC(C)c1ccc(CNC(=O)CCCO)cc1. The van der Waals surface area contributed by atoms with Crippen molar-refractivity contribution in [1.29, 1.82) is 0 Å². The van der Waals surface area contributed by atoms with Gasteiger partial charge in [0.2, 0.25) is 5.91 Å². The molecule has 1 aromatic rings. The molecule has 3 nitrogen and oxygen atoms in total. The molecule has 0 saturated carbocycles. The maximum absolute atomic E-state index is 11.3. The lowest BCUT2D eigenvalue weighted by Gasteiger charge is -2.08. The Balaban J connectivity index is 2.39. The molecule has 17 heavy (non-hydrogen) atoms. The van der Waals surface area contributed by atoms with E-state index in [1.54, 1.807) is 0 Å². The zero-order chi connectivity index (χ0) is 12.7. The van der Waals surface area contributed by atoms with Gasteiger partial charge in [0.05, 0.1) is 0 Å². The third-order valence-corrected chi connectivity index (χ3v) is 2.70. The summed E-state index contributed by atoms with van der Waals surface area (Å²) in [7, 11) is 0. The van der Waals surface area contributed by atoms with Crippen molar-refractivity contribution >= 4 is 5.91 Å². The van der Waals surface area contributed by atoms with E-state index in [4.69, 9.17) is 5.11 Å². The Hall–Kier alpha value is -1.35. The zero-order valence-electron chi connectivity index (χ0n) is 10.6. The van der Waals surface area contributed by atoms with Crippen molar-refractivity contribution in [3.05, 3.63) is 35.4 Å². The van der Waals surface area contributed by atoms with Crippen molar-refractivity contribution in [2.45, 2.75) is 39.2 Å². The van der Waals surface area contributed by atoms with Crippen molar-refractivity contribution < 1.29 is 9.90 Å². The summed E-state index contributed by atoms with van der Waals surface area (Å²) in [6.45, 7) is 4.94. The molecule has 1 aromatic carbocycles. The summed E-state index contributed by atoms with van der Waals surface area (Å²) in [6.07, 6.45) is 0.915. The summed E-state index contributed by atoms with van der Waals surface area (Å²) >= 11 is 0. The first-order valence-electron chi connectivity index (χ1n) is 6.10. The minimum Gasteiger partial charge on any atom is -0.396 e. The van der Waals surface area contributed by atoms with Crippen LogP contribution < -0.4 is 5.32 Å². The van der Waals surface area contributed by atoms with E-state index in [1.807, 2.05) is 12.1 Å². The van der Waals surface area contributed by atoms with Crippen molar-refractivity contribution in [3.8, 4) is 0 Å². The molecule has 0 unspecified atom stereocenters. The number of hydrogen-bond donors (Lipinski definition) is 2. The van der Waals surface area contributed by atoms with E-state index < -0.39 is 0 Å². The van der Waals surface area contributed by atoms with Crippen LogP contribution in [0.25, 0.3) is 0 Å². The van der Waals surface area contributed by atoms with Crippen LogP contribution in [0.15, 0.2) is 24.3 Å². The highest BCUT2D eigenvalue weighted by Gasteiger charge is 2.02. The predicted octanol–water partition coefficient (Wildman–Crippen LogP) is 2.20. The number of carbonyl (C=O) groups excluding carboxylic acids is 1. The van der Waals surface area contributed by atoms with E-state index in [-0.39, 0.29) is 12.5 Å². The van der Waals surface area contributed by atoms with E-state index in [2.05, 4.69) is 31.3 Å². The molecule has 0 spiro atoms. The fraction of sp³-hybridized carbons (Fsp3) is 0.500.